The number of anilines is 3. The van der Waals surface area contributed by atoms with E-state index in [9.17, 15) is 15.8 Å². The van der Waals surface area contributed by atoms with Gasteiger partial charge in [-0.3, -0.25) is 0 Å². The van der Waals surface area contributed by atoms with E-state index in [0.29, 0.717) is 23.5 Å². The molecule has 2 aliphatic heterocycles. The second-order valence-electron chi connectivity index (χ2n) is 13.3. The summed E-state index contributed by atoms with van der Waals surface area (Å²) in [6.07, 6.45) is 19.4. The molecule has 4 aromatic rings. The smallest absolute Gasteiger partial charge is 0.101 e. The van der Waals surface area contributed by atoms with Gasteiger partial charge in [-0.1, -0.05) is 115 Å². The van der Waals surface area contributed by atoms with Crippen LogP contribution in [0.3, 0.4) is 0 Å². The second-order valence-corrected chi connectivity index (χ2v) is 13.3. The molecule has 236 valence electrons. The number of rotatable bonds is 4. The van der Waals surface area contributed by atoms with Crippen LogP contribution in [0.4, 0.5) is 17.1 Å². The Labute approximate surface area is 292 Å². The van der Waals surface area contributed by atoms with E-state index in [2.05, 4.69) is 137 Å². The summed E-state index contributed by atoms with van der Waals surface area (Å²) >= 11 is 0. The number of hydrogen-bond acceptors (Lipinski definition) is 5. The van der Waals surface area contributed by atoms with Crippen LogP contribution in [0.15, 0.2) is 163 Å². The van der Waals surface area contributed by atoms with Crippen molar-refractivity contribution in [1.82, 2.24) is 0 Å². The van der Waals surface area contributed by atoms with Gasteiger partial charge in [-0.25, -0.2) is 0 Å². The molecule has 2 heterocycles. The average Bonchev–Trinajstić information content (AvgIpc) is 3.69. The largest absolute Gasteiger partial charge is 0.336 e. The molecule has 0 N–H and O–H groups in total. The average molecular weight is 642 g/mol. The van der Waals surface area contributed by atoms with E-state index in [0.717, 1.165) is 33.6 Å². The Hall–Kier alpha value is -6.61. The first-order valence-electron chi connectivity index (χ1n) is 17.0. The molecule has 3 aliphatic carbocycles. The zero-order valence-corrected chi connectivity index (χ0v) is 27.2. The van der Waals surface area contributed by atoms with Crippen LogP contribution >= 0.6 is 0 Å². The Balaban J connectivity index is 1.05. The number of fused-ring (bicyclic) bond motifs is 5. The van der Waals surface area contributed by atoms with Crippen LogP contribution < -0.4 is 9.80 Å². The van der Waals surface area contributed by atoms with E-state index in [1.807, 2.05) is 36.4 Å². The number of benzene rings is 4. The van der Waals surface area contributed by atoms with Gasteiger partial charge in [0, 0.05) is 46.5 Å². The molecule has 50 heavy (non-hydrogen) atoms. The zero-order valence-electron chi connectivity index (χ0n) is 27.2. The first-order chi connectivity index (χ1) is 24.7. The molecule has 0 aromatic heterocycles. The number of allylic oxidation sites excluding steroid dienone is 7. The van der Waals surface area contributed by atoms with Crippen molar-refractivity contribution in [3.8, 4) is 40.5 Å². The molecule has 0 amide bonds. The number of hydrogen-bond donors (Lipinski definition) is 0. The fourth-order valence-electron chi connectivity index (χ4n) is 8.45. The summed E-state index contributed by atoms with van der Waals surface area (Å²) in [6.45, 7) is 0. The van der Waals surface area contributed by atoms with E-state index < -0.39 is 0 Å². The predicted octanol–water partition coefficient (Wildman–Crippen LogP) is 9.80. The highest BCUT2D eigenvalue weighted by Gasteiger charge is 2.42. The Morgan fingerprint density at radius 1 is 0.600 bits per heavy atom. The van der Waals surface area contributed by atoms with Crippen molar-refractivity contribution < 1.29 is 0 Å². The molecule has 0 spiro atoms. The van der Waals surface area contributed by atoms with Gasteiger partial charge < -0.3 is 9.80 Å². The molecule has 0 saturated carbocycles. The number of nitriles is 3. The van der Waals surface area contributed by atoms with Crippen LogP contribution in [0.2, 0.25) is 0 Å². The lowest BCUT2D eigenvalue weighted by molar-refractivity contribution is 0.674. The lowest BCUT2D eigenvalue weighted by Gasteiger charge is -2.32. The van der Waals surface area contributed by atoms with Gasteiger partial charge in [-0.05, 0) is 58.2 Å². The fraction of sp³-hybridized carbons (Fsp3) is 0.133. The molecule has 5 unspecified atom stereocenters. The molecule has 0 bridgehead atoms. The molecule has 0 fully saturated rings. The van der Waals surface area contributed by atoms with Crippen LogP contribution in [-0.2, 0) is 0 Å². The van der Waals surface area contributed by atoms with Crippen molar-refractivity contribution in [1.29, 1.82) is 15.8 Å². The molecule has 4 aromatic carbocycles. The van der Waals surface area contributed by atoms with Crippen LogP contribution in [0.25, 0.3) is 22.3 Å². The first-order valence-corrected chi connectivity index (χ1v) is 17.0. The summed E-state index contributed by atoms with van der Waals surface area (Å²) in [7, 11) is 0. The van der Waals surface area contributed by atoms with E-state index in [1.165, 1.54) is 22.5 Å². The van der Waals surface area contributed by atoms with Crippen molar-refractivity contribution >= 4 is 17.1 Å². The van der Waals surface area contributed by atoms with Crippen molar-refractivity contribution in [2.45, 2.75) is 24.4 Å². The second kappa shape index (κ2) is 11.8. The lowest BCUT2D eigenvalue weighted by atomic mass is 9.85. The summed E-state index contributed by atoms with van der Waals surface area (Å²) < 4.78 is 0. The van der Waals surface area contributed by atoms with Crippen LogP contribution in [0, 0.1) is 45.8 Å². The number of nitrogens with zero attached hydrogens (tertiary/aromatic N) is 5. The monoisotopic (exact) mass is 641 g/mol. The maximum absolute atomic E-state index is 10.5. The Morgan fingerprint density at radius 2 is 1.34 bits per heavy atom. The minimum absolute atomic E-state index is 0.00675. The highest BCUT2D eigenvalue weighted by molar-refractivity contribution is 5.87. The molecule has 0 radical (unpaired) electrons. The van der Waals surface area contributed by atoms with E-state index in [1.54, 1.807) is 0 Å². The van der Waals surface area contributed by atoms with Gasteiger partial charge in [-0.2, -0.15) is 15.8 Å². The van der Waals surface area contributed by atoms with Crippen molar-refractivity contribution in [2.75, 3.05) is 9.80 Å². The lowest BCUT2D eigenvalue weighted by Crippen LogP contribution is -2.34. The SMILES string of the molecule is N#CC1=CC2C3=C(CC(C#N)C=C3)N(c3ccc(-c4ccc(-c5ccccc5N5c6ccccc6C6C=CC=CC65)cc4)cc3C#N)C2C=C1. The van der Waals surface area contributed by atoms with Gasteiger partial charge in [0.15, 0.2) is 0 Å². The van der Waals surface area contributed by atoms with Crippen LogP contribution in [-0.4, -0.2) is 12.1 Å². The van der Waals surface area contributed by atoms with E-state index in [4.69, 9.17) is 0 Å². The molecule has 5 aliphatic rings. The summed E-state index contributed by atoms with van der Waals surface area (Å²) in [4.78, 5) is 4.69. The Bertz CT molecular complexity index is 2380. The third kappa shape index (κ3) is 4.58. The highest BCUT2D eigenvalue weighted by Crippen LogP contribution is 2.50. The van der Waals surface area contributed by atoms with Crippen LogP contribution in [0.5, 0.6) is 0 Å². The third-order valence-corrected chi connectivity index (χ3v) is 10.7. The molecular weight excluding hydrogens is 611 g/mol. The normalized spacial score (nSPS) is 23.7. The predicted molar refractivity (Wildman–Crippen MR) is 198 cm³/mol. The Morgan fingerprint density at radius 3 is 2.16 bits per heavy atom. The zero-order chi connectivity index (χ0) is 33.8. The molecule has 5 nitrogen and oxygen atoms in total. The van der Waals surface area contributed by atoms with Gasteiger partial charge in [0.05, 0.1) is 41.4 Å². The summed E-state index contributed by atoms with van der Waals surface area (Å²) in [5.41, 5.74) is 12.3. The molecule has 5 atom stereocenters. The van der Waals surface area contributed by atoms with Gasteiger partial charge in [0.2, 0.25) is 0 Å². The molecule has 5 heteroatoms. The van der Waals surface area contributed by atoms with Crippen LogP contribution in [0.1, 0.15) is 23.5 Å². The van der Waals surface area contributed by atoms with Gasteiger partial charge in [-0.15, -0.1) is 0 Å². The minimum Gasteiger partial charge on any atom is -0.336 e. The highest BCUT2D eigenvalue weighted by atomic mass is 15.2. The maximum atomic E-state index is 10.5. The minimum atomic E-state index is -0.231. The van der Waals surface area contributed by atoms with Crippen molar-refractivity contribution in [3.05, 3.63) is 174 Å². The van der Waals surface area contributed by atoms with E-state index >= 15 is 0 Å². The topological polar surface area (TPSA) is 77.8 Å². The van der Waals surface area contributed by atoms with Crippen molar-refractivity contribution in [3.63, 3.8) is 0 Å². The molecule has 9 rings (SSSR count). The first kappa shape index (κ1) is 29.5. The summed E-state index contributed by atoms with van der Waals surface area (Å²) in [5, 5.41) is 29.8. The maximum Gasteiger partial charge on any atom is 0.101 e. The standard InChI is InChI=1S/C45H31N5/c46-26-29-14-21-44-39(23-29)38-20-13-30(27-47)24-45(38)49(44)40-22-19-33(25-34(40)28-48)31-15-17-32(18-16-31)35-7-1-4-10-41(35)50-42-11-5-2-8-36(42)37-9-3-6-12-43(37)50/h1-23,25,30,36,39,42,44H,24H2. The number of para-hydroxylation sites is 2. The van der Waals surface area contributed by atoms with Gasteiger partial charge in [0.25, 0.3) is 0 Å². The molecule has 0 saturated heterocycles. The third-order valence-electron chi connectivity index (χ3n) is 10.7. The fourth-order valence-corrected chi connectivity index (χ4v) is 8.45. The summed E-state index contributed by atoms with van der Waals surface area (Å²) in [5.74, 6) is 0.0831. The quantitative estimate of drug-likeness (QED) is 0.222. The van der Waals surface area contributed by atoms with Gasteiger partial charge >= 0.3 is 0 Å². The molecular formula is C45H31N5. The van der Waals surface area contributed by atoms with Gasteiger partial charge in [0.1, 0.15) is 6.07 Å². The van der Waals surface area contributed by atoms with E-state index in [-0.39, 0.29) is 23.9 Å². The van der Waals surface area contributed by atoms with Crippen molar-refractivity contribution in [2.24, 2.45) is 11.8 Å². The summed E-state index contributed by atoms with van der Waals surface area (Å²) in [6, 6.07) is 39.4. The Kier molecular flexibility index (Phi) is 6.98.